The molecule has 3 aromatic rings. The average molecular weight is 320 g/mol. The van der Waals surface area contributed by atoms with Crippen LogP contribution in [0.5, 0.6) is 0 Å². The Morgan fingerprint density at radius 2 is 1.50 bits per heavy atom. The summed E-state index contributed by atoms with van der Waals surface area (Å²) in [5.41, 5.74) is 1.91. The minimum absolute atomic E-state index is 0.104. The van der Waals surface area contributed by atoms with Gasteiger partial charge in [-0.25, -0.2) is 4.79 Å². The third kappa shape index (κ3) is 3.43. The zero-order valence-corrected chi connectivity index (χ0v) is 12.9. The number of carbonyl (C=O) groups excluding carboxylic acids is 1. The van der Waals surface area contributed by atoms with E-state index >= 15 is 0 Å². The summed E-state index contributed by atoms with van der Waals surface area (Å²) in [6, 6.07) is 19.9. The van der Waals surface area contributed by atoms with Crippen molar-refractivity contribution in [3.05, 3.63) is 83.4 Å². The molecule has 0 aliphatic carbocycles. The van der Waals surface area contributed by atoms with Crippen LogP contribution in [0.25, 0.3) is 10.8 Å². The van der Waals surface area contributed by atoms with Gasteiger partial charge in [-0.05, 0) is 28.0 Å². The van der Waals surface area contributed by atoms with Gasteiger partial charge in [0.2, 0.25) is 0 Å². The molecule has 3 rings (SSSR count). The summed E-state index contributed by atoms with van der Waals surface area (Å²) in [7, 11) is 0. The summed E-state index contributed by atoms with van der Waals surface area (Å²) in [5, 5.41) is 10.7. The molecule has 0 bridgehead atoms. The first-order valence-electron chi connectivity index (χ1n) is 7.58. The Kier molecular flexibility index (Phi) is 4.57. The van der Waals surface area contributed by atoms with Gasteiger partial charge in [0.15, 0.2) is 0 Å². The molecule has 1 N–H and O–H groups in total. The molecule has 0 radical (unpaired) electrons. The van der Waals surface area contributed by atoms with Gasteiger partial charge in [0.05, 0.1) is 12.0 Å². The first kappa shape index (κ1) is 15.7. The number of fused-ring (bicyclic) bond motifs is 1. The zero-order chi connectivity index (χ0) is 16.9. The quantitative estimate of drug-likeness (QED) is 0.726. The highest BCUT2D eigenvalue weighted by atomic mass is 16.5. The van der Waals surface area contributed by atoms with Crippen molar-refractivity contribution < 1.29 is 19.4 Å². The van der Waals surface area contributed by atoms with E-state index in [1.807, 2.05) is 42.5 Å². The number of carboxylic acid groups (broad SMARTS) is 1. The summed E-state index contributed by atoms with van der Waals surface area (Å²) >= 11 is 0. The summed E-state index contributed by atoms with van der Waals surface area (Å²) in [6.45, 7) is 0.227. The molecule has 0 aromatic heterocycles. The molecule has 0 unspecified atom stereocenters. The summed E-state index contributed by atoms with van der Waals surface area (Å²) in [6.07, 6.45) is 0.104. The lowest BCUT2D eigenvalue weighted by Crippen LogP contribution is -2.09. The normalized spacial score (nSPS) is 10.5. The van der Waals surface area contributed by atoms with Gasteiger partial charge in [0.25, 0.3) is 0 Å². The van der Waals surface area contributed by atoms with Crippen LogP contribution in [0.1, 0.15) is 21.5 Å². The van der Waals surface area contributed by atoms with E-state index in [2.05, 4.69) is 0 Å². The molecule has 120 valence electrons. The maximum Gasteiger partial charge on any atom is 0.336 e. The molecule has 0 spiro atoms. The fraction of sp³-hybridized carbons (Fsp3) is 0.100. The van der Waals surface area contributed by atoms with Crippen molar-refractivity contribution in [3.63, 3.8) is 0 Å². The van der Waals surface area contributed by atoms with Gasteiger partial charge in [0, 0.05) is 0 Å². The fourth-order valence-electron chi connectivity index (χ4n) is 2.65. The van der Waals surface area contributed by atoms with Crippen LogP contribution in [0, 0.1) is 0 Å². The van der Waals surface area contributed by atoms with E-state index in [4.69, 9.17) is 4.74 Å². The molecule has 4 nitrogen and oxygen atoms in total. The standard InChI is InChI=1S/C20H16O4/c21-19(24-13-14-6-2-1-3-7-14)12-15-10-11-18(20(22)23)17-9-5-4-8-16(15)17/h1-11H,12-13H2,(H,22,23). The number of esters is 1. The summed E-state index contributed by atoms with van der Waals surface area (Å²) in [5.74, 6) is -1.32. The number of ether oxygens (including phenoxy) is 1. The highest BCUT2D eigenvalue weighted by Crippen LogP contribution is 2.23. The van der Waals surface area contributed by atoms with Crippen molar-refractivity contribution in [2.75, 3.05) is 0 Å². The molecule has 0 atom stereocenters. The second kappa shape index (κ2) is 6.96. The van der Waals surface area contributed by atoms with Crippen LogP contribution in [-0.2, 0) is 22.6 Å². The molecular formula is C20H16O4. The van der Waals surface area contributed by atoms with Crippen molar-refractivity contribution in [2.45, 2.75) is 13.0 Å². The van der Waals surface area contributed by atoms with Crippen molar-refractivity contribution in [1.29, 1.82) is 0 Å². The SMILES string of the molecule is O=C(Cc1ccc(C(=O)O)c2ccccc12)OCc1ccccc1. The number of hydrogen-bond donors (Lipinski definition) is 1. The molecule has 4 heteroatoms. The van der Waals surface area contributed by atoms with Gasteiger partial charge in [-0.1, -0.05) is 60.7 Å². The van der Waals surface area contributed by atoms with Gasteiger partial charge in [0.1, 0.15) is 6.61 Å². The molecule has 24 heavy (non-hydrogen) atoms. The van der Waals surface area contributed by atoms with Crippen LogP contribution in [-0.4, -0.2) is 17.0 Å². The molecule has 0 fully saturated rings. The maximum absolute atomic E-state index is 12.1. The van der Waals surface area contributed by atoms with E-state index in [-0.39, 0.29) is 24.6 Å². The molecule has 0 saturated heterocycles. The van der Waals surface area contributed by atoms with Gasteiger partial charge < -0.3 is 9.84 Å². The number of aromatic carboxylic acids is 1. The lowest BCUT2D eigenvalue weighted by atomic mass is 9.98. The van der Waals surface area contributed by atoms with Crippen molar-refractivity contribution in [3.8, 4) is 0 Å². The molecule has 3 aromatic carbocycles. The predicted octanol–water partition coefficient (Wildman–Crippen LogP) is 3.82. The lowest BCUT2D eigenvalue weighted by molar-refractivity contribution is -0.144. The van der Waals surface area contributed by atoms with Gasteiger partial charge in [-0.15, -0.1) is 0 Å². The average Bonchev–Trinajstić information content (AvgIpc) is 2.61. The fourth-order valence-corrected chi connectivity index (χ4v) is 2.65. The number of benzene rings is 3. The van der Waals surface area contributed by atoms with Crippen LogP contribution in [0.3, 0.4) is 0 Å². The largest absolute Gasteiger partial charge is 0.478 e. The third-order valence-electron chi connectivity index (χ3n) is 3.82. The summed E-state index contributed by atoms with van der Waals surface area (Å²) in [4.78, 5) is 23.4. The molecule has 0 aliphatic rings. The van der Waals surface area contributed by atoms with E-state index in [0.717, 1.165) is 16.5 Å². The van der Waals surface area contributed by atoms with Crippen LogP contribution >= 0.6 is 0 Å². The van der Waals surface area contributed by atoms with Crippen LogP contribution in [0.2, 0.25) is 0 Å². The predicted molar refractivity (Wildman–Crippen MR) is 90.8 cm³/mol. The van der Waals surface area contributed by atoms with Crippen molar-refractivity contribution >= 4 is 22.7 Å². The minimum atomic E-state index is -0.982. The van der Waals surface area contributed by atoms with Gasteiger partial charge in [-0.3, -0.25) is 4.79 Å². The Balaban J connectivity index is 1.79. The molecular weight excluding hydrogens is 304 g/mol. The van der Waals surface area contributed by atoms with Gasteiger partial charge >= 0.3 is 11.9 Å². The van der Waals surface area contributed by atoms with E-state index in [1.54, 1.807) is 18.2 Å². The highest BCUT2D eigenvalue weighted by molar-refractivity contribution is 6.05. The lowest BCUT2D eigenvalue weighted by Gasteiger charge is -2.09. The van der Waals surface area contributed by atoms with Crippen LogP contribution in [0.15, 0.2) is 66.7 Å². The topological polar surface area (TPSA) is 63.6 Å². The Morgan fingerprint density at radius 3 is 2.21 bits per heavy atom. The number of carboxylic acids is 1. The van der Waals surface area contributed by atoms with E-state index in [9.17, 15) is 14.7 Å². The van der Waals surface area contributed by atoms with Crippen LogP contribution in [0.4, 0.5) is 0 Å². The van der Waals surface area contributed by atoms with E-state index in [1.165, 1.54) is 6.07 Å². The molecule has 0 aliphatic heterocycles. The maximum atomic E-state index is 12.1. The van der Waals surface area contributed by atoms with Crippen LogP contribution < -0.4 is 0 Å². The van der Waals surface area contributed by atoms with E-state index < -0.39 is 5.97 Å². The smallest absolute Gasteiger partial charge is 0.336 e. The number of carbonyl (C=O) groups is 2. The highest BCUT2D eigenvalue weighted by Gasteiger charge is 2.13. The molecule has 0 saturated carbocycles. The first-order chi connectivity index (χ1) is 11.6. The molecule has 0 heterocycles. The zero-order valence-electron chi connectivity index (χ0n) is 12.9. The third-order valence-corrected chi connectivity index (χ3v) is 3.82. The van der Waals surface area contributed by atoms with Crippen molar-refractivity contribution in [2.24, 2.45) is 0 Å². The monoisotopic (exact) mass is 320 g/mol. The Bertz CT molecular complexity index is 885. The van der Waals surface area contributed by atoms with Gasteiger partial charge in [-0.2, -0.15) is 0 Å². The second-order valence-corrected chi connectivity index (χ2v) is 5.45. The van der Waals surface area contributed by atoms with E-state index in [0.29, 0.717) is 5.39 Å². The number of rotatable bonds is 5. The Labute approximate surface area is 139 Å². The number of hydrogen-bond acceptors (Lipinski definition) is 3. The summed E-state index contributed by atoms with van der Waals surface area (Å²) < 4.78 is 5.30. The minimum Gasteiger partial charge on any atom is -0.478 e. The Morgan fingerprint density at radius 1 is 0.833 bits per heavy atom. The first-order valence-corrected chi connectivity index (χ1v) is 7.58. The molecule has 0 amide bonds. The van der Waals surface area contributed by atoms with Crippen molar-refractivity contribution in [1.82, 2.24) is 0 Å². The second-order valence-electron chi connectivity index (χ2n) is 5.45. The Hall–Kier alpha value is -3.14.